The van der Waals surface area contributed by atoms with Crippen LogP contribution in [0.1, 0.15) is 11.4 Å². The second-order valence-electron chi connectivity index (χ2n) is 8.92. The van der Waals surface area contributed by atoms with Crippen molar-refractivity contribution < 1.29 is 26.2 Å². The first kappa shape index (κ1) is 20.9. The van der Waals surface area contributed by atoms with E-state index in [1.54, 1.807) is 48.6 Å². The van der Waals surface area contributed by atoms with Crippen molar-refractivity contribution in [2.24, 2.45) is 0 Å². The van der Waals surface area contributed by atoms with E-state index < -0.39 is 13.9 Å². The summed E-state index contributed by atoms with van der Waals surface area (Å²) in [5.41, 5.74) is 3.68. The minimum absolute atomic E-state index is 0.358. The zero-order chi connectivity index (χ0) is 24.7. The number of rotatable bonds is 4. The molecule has 6 heterocycles. The first-order chi connectivity index (χ1) is 17.4. The Labute approximate surface area is 203 Å². The van der Waals surface area contributed by atoms with E-state index in [0.29, 0.717) is 45.6 Å². The smallest absolute Gasteiger partial charge is 0.395 e. The second-order valence-corrected chi connectivity index (χ2v) is 8.92. The fraction of sp³-hybridized carbons (Fsp3) is 0. The summed E-state index contributed by atoms with van der Waals surface area (Å²) in [6.07, 6.45) is 11.9. The molecule has 0 saturated carbocycles. The highest BCUT2D eigenvalue weighted by Gasteiger charge is 2.52. The number of hydrogen-bond acceptors (Lipinski definition) is 2. The number of anilines is 2. The van der Waals surface area contributed by atoms with Crippen LogP contribution >= 0.6 is 0 Å². The predicted molar refractivity (Wildman–Crippen MR) is 134 cm³/mol. The molecule has 36 heavy (non-hydrogen) atoms. The number of nitrogens with one attached hydrogen (secondary N) is 2. The van der Waals surface area contributed by atoms with Gasteiger partial charge in [0.25, 0.3) is 0 Å². The van der Waals surface area contributed by atoms with Gasteiger partial charge in [0.05, 0.1) is 11.4 Å². The van der Waals surface area contributed by atoms with Gasteiger partial charge in [0.15, 0.2) is 11.4 Å². The van der Waals surface area contributed by atoms with Gasteiger partial charge < -0.3 is 45.8 Å². The van der Waals surface area contributed by atoms with E-state index in [0.717, 1.165) is 17.9 Å². The largest absolute Gasteiger partial charge is 0.737 e. The third-order valence-electron chi connectivity index (χ3n) is 6.93. The Bertz CT molecular complexity index is 1530. The van der Waals surface area contributed by atoms with Crippen molar-refractivity contribution >= 4 is 49.1 Å². The summed E-state index contributed by atoms with van der Waals surface area (Å²) in [4.78, 5) is 0. The lowest BCUT2D eigenvalue weighted by Crippen LogP contribution is -2.49. The first-order valence-corrected chi connectivity index (χ1v) is 11.5. The second kappa shape index (κ2) is 7.03. The van der Waals surface area contributed by atoms with Gasteiger partial charge in [-0.25, -0.2) is 0 Å². The highest BCUT2D eigenvalue weighted by molar-refractivity contribution is 6.58. The molecule has 0 radical (unpaired) electrons. The summed E-state index contributed by atoms with van der Waals surface area (Å²) in [5, 5.41) is 6.66. The highest BCUT2D eigenvalue weighted by Crippen LogP contribution is 2.39. The Kier molecular flexibility index (Phi) is 4.08. The quantitative estimate of drug-likeness (QED) is 0.416. The lowest BCUT2D eigenvalue weighted by atomic mass is 9.90. The van der Waals surface area contributed by atoms with Crippen LogP contribution in [0.5, 0.6) is 0 Å². The van der Waals surface area contributed by atoms with Crippen LogP contribution in [0, 0.1) is 0 Å². The summed E-state index contributed by atoms with van der Waals surface area (Å²) < 4.78 is 64.3. The van der Waals surface area contributed by atoms with Crippen molar-refractivity contribution in [3.63, 3.8) is 0 Å². The van der Waals surface area contributed by atoms with Gasteiger partial charge in [0.1, 0.15) is 23.8 Å². The zero-order valence-corrected chi connectivity index (χ0v) is 18.7. The van der Waals surface area contributed by atoms with Crippen LogP contribution in [0.15, 0.2) is 96.6 Å². The lowest BCUT2D eigenvalue weighted by molar-refractivity contribution is -0.357. The summed E-state index contributed by atoms with van der Waals surface area (Å²) in [7, 11) is 0. The molecule has 0 unspecified atom stereocenters. The van der Waals surface area contributed by atoms with Crippen molar-refractivity contribution in [2.45, 2.75) is 0 Å². The third kappa shape index (κ3) is 2.69. The molecule has 4 aliphatic rings. The molecule has 0 spiro atoms. The van der Waals surface area contributed by atoms with Crippen LogP contribution in [-0.4, -0.2) is 44.3 Å². The van der Waals surface area contributed by atoms with E-state index in [9.17, 15) is 0 Å². The number of aromatic nitrogens is 2. The van der Waals surface area contributed by atoms with Crippen LogP contribution in [0.2, 0.25) is 0 Å². The predicted octanol–water partition coefficient (Wildman–Crippen LogP) is 4.63. The van der Waals surface area contributed by atoms with Crippen LogP contribution in [-0.2, 0) is 0 Å². The van der Waals surface area contributed by atoms with Gasteiger partial charge in [0, 0.05) is 35.7 Å². The number of halogens is 4. The highest BCUT2D eigenvalue weighted by atomic mass is 19.3. The number of fused-ring (bicyclic) bond motifs is 4. The number of nitrogens with zero attached hydrogens (tertiary/aromatic N) is 4. The molecule has 0 bridgehead atoms. The van der Waals surface area contributed by atoms with Crippen molar-refractivity contribution in [3.8, 4) is 0 Å². The standard InChI is InChI=1S/C24H18B2F4N6/c27-25(28)33-13-3-9-19(33)23(20-10-4-14-34(20)25)31-17-7-1-2-8-18(17)32-24-21-11-5-15-35(21)26(29,30)36-16-6-12-22(24)36/h1-16,31-32H. The molecule has 178 valence electrons. The Hall–Kier alpha value is -4.47. The molecule has 7 rings (SSSR count). The van der Waals surface area contributed by atoms with Crippen molar-refractivity contribution in [2.75, 3.05) is 10.6 Å². The molecule has 3 aromatic rings. The van der Waals surface area contributed by atoms with Gasteiger partial charge in [-0.1, -0.05) is 12.1 Å². The molecule has 0 amide bonds. The van der Waals surface area contributed by atoms with E-state index in [4.69, 9.17) is 0 Å². The maximum absolute atomic E-state index is 15.1. The maximum Gasteiger partial charge on any atom is 0.737 e. The number of hydrogen-bond donors (Lipinski definition) is 2. The Morgan fingerprint density at radius 1 is 0.611 bits per heavy atom. The molecule has 2 N–H and O–H groups in total. The van der Waals surface area contributed by atoms with Gasteiger partial charge in [-0.15, -0.1) is 0 Å². The molecule has 0 fully saturated rings. The molecule has 1 aromatic carbocycles. The van der Waals surface area contributed by atoms with Crippen molar-refractivity contribution in [3.05, 3.63) is 108 Å². The van der Waals surface area contributed by atoms with E-state index >= 15 is 17.3 Å². The Balaban J connectivity index is 1.32. The molecule has 6 nitrogen and oxygen atoms in total. The zero-order valence-electron chi connectivity index (χ0n) is 18.7. The Morgan fingerprint density at radius 3 is 1.50 bits per heavy atom. The summed E-state index contributed by atoms with van der Waals surface area (Å²) >= 11 is 0. The van der Waals surface area contributed by atoms with E-state index in [1.807, 2.05) is 24.3 Å². The van der Waals surface area contributed by atoms with Gasteiger partial charge in [-0.2, -0.15) is 0 Å². The molecule has 4 aliphatic heterocycles. The average molecular weight is 488 g/mol. The van der Waals surface area contributed by atoms with Gasteiger partial charge >= 0.3 is 13.9 Å². The minimum atomic E-state index is -4.01. The normalized spacial score (nSPS) is 20.0. The van der Waals surface area contributed by atoms with E-state index in [-0.39, 0.29) is 0 Å². The maximum atomic E-state index is 15.1. The molecule has 0 atom stereocenters. The molecule has 2 aromatic heterocycles. The van der Waals surface area contributed by atoms with Crippen LogP contribution in [0.4, 0.5) is 28.6 Å². The Morgan fingerprint density at radius 2 is 1.06 bits per heavy atom. The van der Waals surface area contributed by atoms with Crippen molar-refractivity contribution in [1.29, 1.82) is 0 Å². The number of para-hydroxylation sites is 2. The summed E-state index contributed by atoms with van der Waals surface area (Å²) in [6, 6.07) is 13.7. The minimum Gasteiger partial charge on any atom is -0.395 e. The molecule has 0 saturated heterocycles. The van der Waals surface area contributed by atoms with Crippen molar-refractivity contribution in [1.82, 2.24) is 8.96 Å². The van der Waals surface area contributed by atoms with Gasteiger partial charge in [-0.05, 0) is 48.8 Å². The topological polar surface area (TPSA) is 39.9 Å². The molecular weight excluding hydrogens is 470 g/mol. The van der Waals surface area contributed by atoms with Gasteiger partial charge in [-0.3, -0.25) is 0 Å². The summed E-state index contributed by atoms with van der Waals surface area (Å²) in [5.74, 6) is 0. The number of benzene rings is 1. The lowest BCUT2D eigenvalue weighted by Gasteiger charge is -2.32. The van der Waals surface area contributed by atoms with E-state index in [1.165, 1.54) is 24.8 Å². The van der Waals surface area contributed by atoms with Crippen LogP contribution < -0.4 is 10.6 Å². The number of allylic oxidation sites excluding steroid dienone is 4. The monoisotopic (exact) mass is 488 g/mol. The fourth-order valence-corrected chi connectivity index (χ4v) is 5.26. The average Bonchev–Trinajstić information content (AvgIpc) is 3.67. The summed E-state index contributed by atoms with van der Waals surface area (Å²) in [6.45, 7) is -8.01. The molecule has 12 heteroatoms. The van der Waals surface area contributed by atoms with Gasteiger partial charge in [0.2, 0.25) is 0 Å². The molecule has 0 aliphatic carbocycles. The first-order valence-electron chi connectivity index (χ1n) is 11.5. The van der Waals surface area contributed by atoms with Crippen LogP contribution in [0.25, 0.3) is 11.4 Å². The third-order valence-corrected chi connectivity index (χ3v) is 6.93. The van der Waals surface area contributed by atoms with Crippen LogP contribution in [0.3, 0.4) is 0 Å². The molecular formula is C24H18B2F4N6. The SMILES string of the molecule is F[B-]1(F)n2cccc2C(Nc2ccccc2NC2=C3C=CC=[N+]3[B-](F)(F)n3cccc32)=C2C=CC=[N+]21. The van der Waals surface area contributed by atoms with E-state index in [2.05, 4.69) is 10.6 Å². The fourth-order valence-electron chi connectivity index (χ4n) is 5.26.